The van der Waals surface area contributed by atoms with Crippen LogP contribution in [-0.4, -0.2) is 57.0 Å². The van der Waals surface area contributed by atoms with Crippen molar-refractivity contribution in [3.05, 3.63) is 116 Å². The maximum atomic E-state index is 14.6. The van der Waals surface area contributed by atoms with Crippen molar-refractivity contribution in [1.29, 1.82) is 0 Å². The third-order valence-corrected chi connectivity index (χ3v) is 9.14. The molecule has 0 aliphatic carbocycles. The molecule has 0 saturated heterocycles. The molecule has 2 atom stereocenters. The average molecular weight is 784 g/mol. The molecule has 1 amide bonds. The Morgan fingerprint density at radius 2 is 1.62 bits per heavy atom. The van der Waals surface area contributed by atoms with E-state index in [1.807, 2.05) is 84.9 Å². The predicted molar refractivity (Wildman–Crippen MR) is 190 cm³/mol. The molecule has 5 rings (SSSR count). The number of rotatable bonds is 15. The van der Waals surface area contributed by atoms with Crippen molar-refractivity contribution in [2.45, 2.75) is 31.0 Å². The second kappa shape index (κ2) is 16.3. The Kier molecular flexibility index (Phi) is 12.0. The second-order valence-corrected chi connectivity index (χ2v) is 12.7. The van der Waals surface area contributed by atoms with Crippen LogP contribution in [0.4, 0.5) is 0 Å². The number of nitrogens with one attached hydrogen (secondary N) is 2. The number of hydrogen-bond acceptors (Lipinski definition) is 9. The number of ether oxygens (including phenoxy) is 5. The molecule has 10 nitrogen and oxygen atoms in total. The van der Waals surface area contributed by atoms with Crippen LogP contribution >= 0.6 is 31.9 Å². The summed E-state index contributed by atoms with van der Waals surface area (Å²) >= 11 is 7.19. The van der Waals surface area contributed by atoms with E-state index in [2.05, 4.69) is 42.7 Å². The summed E-state index contributed by atoms with van der Waals surface area (Å²) < 4.78 is 30.5. The summed E-state index contributed by atoms with van der Waals surface area (Å²) in [7, 11) is 4.65. The Balaban J connectivity index is 1.51. The smallest absolute Gasteiger partial charge is 0.266 e. The van der Waals surface area contributed by atoms with Crippen LogP contribution in [0.25, 0.3) is 0 Å². The zero-order valence-corrected chi connectivity index (χ0v) is 30.0. The summed E-state index contributed by atoms with van der Waals surface area (Å²) in [6.45, 7) is 0.710. The number of carbonyl (C=O) groups excluding carboxylic acids is 1. The summed E-state index contributed by atoms with van der Waals surface area (Å²) in [6.07, 6.45) is 0.00181. The van der Waals surface area contributed by atoms with Gasteiger partial charge in [0.05, 0.1) is 27.9 Å². The van der Waals surface area contributed by atoms with Crippen LogP contribution in [0.3, 0.4) is 0 Å². The highest BCUT2D eigenvalue weighted by Gasteiger charge is 2.53. The number of benzene rings is 4. The molecule has 4 aromatic rings. The van der Waals surface area contributed by atoms with E-state index >= 15 is 0 Å². The van der Waals surface area contributed by atoms with Gasteiger partial charge in [-0.1, -0.05) is 62.2 Å². The molecule has 4 aromatic carbocycles. The lowest BCUT2D eigenvalue weighted by molar-refractivity contribution is -0.130. The number of halogens is 2. The van der Waals surface area contributed by atoms with Crippen LogP contribution in [0.15, 0.2) is 98.9 Å². The SMILES string of the molecule is COc1cc(CNNC(=O)[C@@]2(Cc3ccccc3Br)N=C(c3ccc(OCCCO)cc3)O[C@H]2c2ccc(Br)cc2)cc(OC)c1OC. The molecule has 1 aliphatic heterocycles. The van der Waals surface area contributed by atoms with E-state index in [4.69, 9.17) is 33.8 Å². The summed E-state index contributed by atoms with van der Waals surface area (Å²) in [5.74, 6) is 2.10. The maximum Gasteiger partial charge on any atom is 0.266 e. The topological polar surface area (TPSA) is 120 Å². The summed E-state index contributed by atoms with van der Waals surface area (Å²) in [5.41, 5.74) is 7.76. The lowest BCUT2D eigenvalue weighted by atomic mass is 9.82. The van der Waals surface area contributed by atoms with Crippen LogP contribution in [0, 0.1) is 0 Å². The molecular formula is C36H37Br2N3O7. The van der Waals surface area contributed by atoms with Crippen LogP contribution < -0.4 is 29.8 Å². The van der Waals surface area contributed by atoms with Crippen molar-refractivity contribution in [2.75, 3.05) is 34.5 Å². The lowest BCUT2D eigenvalue weighted by Gasteiger charge is -2.31. The van der Waals surface area contributed by atoms with Gasteiger partial charge in [-0.05, 0) is 71.3 Å². The van der Waals surface area contributed by atoms with Gasteiger partial charge in [0.1, 0.15) is 5.75 Å². The van der Waals surface area contributed by atoms with Gasteiger partial charge in [0.25, 0.3) is 5.91 Å². The van der Waals surface area contributed by atoms with Crippen LogP contribution in [-0.2, 0) is 22.5 Å². The maximum absolute atomic E-state index is 14.6. The van der Waals surface area contributed by atoms with Crippen LogP contribution in [0.1, 0.15) is 34.8 Å². The van der Waals surface area contributed by atoms with E-state index in [9.17, 15) is 4.79 Å². The molecule has 0 fully saturated rings. The minimum absolute atomic E-state index is 0.0548. The molecule has 0 saturated carbocycles. The monoisotopic (exact) mass is 781 g/mol. The number of hydrogen-bond donors (Lipinski definition) is 3. The van der Waals surface area contributed by atoms with E-state index in [1.54, 1.807) is 21.3 Å². The van der Waals surface area contributed by atoms with Crippen molar-refractivity contribution >= 4 is 43.7 Å². The molecule has 0 aromatic heterocycles. The Hall–Kier alpha value is -4.10. The zero-order chi connectivity index (χ0) is 34.1. The van der Waals surface area contributed by atoms with Crippen molar-refractivity contribution in [3.63, 3.8) is 0 Å². The Morgan fingerprint density at radius 3 is 2.25 bits per heavy atom. The van der Waals surface area contributed by atoms with Gasteiger partial charge in [0.15, 0.2) is 23.1 Å². The fourth-order valence-electron chi connectivity index (χ4n) is 5.42. The number of hydrazine groups is 1. The van der Waals surface area contributed by atoms with Gasteiger partial charge in [0.2, 0.25) is 11.6 Å². The quantitative estimate of drug-likeness (QED) is 0.0948. The Morgan fingerprint density at radius 1 is 0.938 bits per heavy atom. The third kappa shape index (κ3) is 7.95. The van der Waals surface area contributed by atoms with E-state index in [0.29, 0.717) is 47.5 Å². The molecule has 0 unspecified atom stereocenters. The molecule has 1 heterocycles. The number of aliphatic imine (C=N–C) groups is 1. The molecule has 3 N–H and O–H groups in total. The molecule has 0 bridgehead atoms. The summed E-state index contributed by atoms with van der Waals surface area (Å²) in [4.78, 5) is 19.6. The van der Waals surface area contributed by atoms with Gasteiger partial charge < -0.3 is 28.8 Å². The number of aliphatic hydroxyl groups excluding tert-OH is 1. The van der Waals surface area contributed by atoms with E-state index < -0.39 is 11.6 Å². The highest BCUT2D eigenvalue weighted by Crippen LogP contribution is 2.44. The van der Waals surface area contributed by atoms with Gasteiger partial charge in [-0.2, -0.15) is 0 Å². The normalized spacial score (nSPS) is 16.9. The van der Waals surface area contributed by atoms with Crippen LogP contribution in [0.5, 0.6) is 23.0 Å². The molecule has 0 spiro atoms. The minimum Gasteiger partial charge on any atom is -0.494 e. The molecule has 48 heavy (non-hydrogen) atoms. The van der Waals surface area contributed by atoms with E-state index in [-0.39, 0.29) is 25.5 Å². The summed E-state index contributed by atoms with van der Waals surface area (Å²) in [5, 5.41) is 9.09. The Labute approximate surface area is 296 Å². The second-order valence-electron chi connectivity index (χ2n) is 11.0. The van der Waals surface area contributed by atoms with Crippen molar-refractivity contribution < 1.29 is 33.6 Å². The molecule has 1 aliphatic rings. The van der Waals surface area contributed by atoms with Gasteiger partial charge in [0, 0.05) is 40.5 Å². The van der Waals surface area contributed by atoms with Gasteiger partial charge >= 0.3 is 0 Å². The lowest BCUT2D eigenvalue weighted by Crippen LogP contribution is -2.53. The first kappa shape index (κ1) is 35.2. The summed E-state index contributed by atoms with van der Waals surface area (Å²) in [6, 6.07) is 26.4. The standard InChI is InChI=1S/C36H37Br2N3O7/c1-44-30-19-23(20-31(45-2)32(30)46-3)22-39-41-35(43)36(21-26-7-4-5-8-29(26)38)33(24-9-13-27(37)14-10-24)48-34(40-36)25-11-15-28(16-12-25)47-18-6-17-42/h4-5,7-16,19-20,33,39,42H,6,17-18,21-22H2,1-3H3,(H,41,43)/t33-,36-/m0/s1. The molecule has 12 heteroatoms. The molecular weight excluding hydrogens is 746 g/mol. The van der Waals surface area contributed by atoms with Crippen molar-refractivity contribution in [3.8, 4) is 23.0 Å². The third-order valence-electron chi connectivity index (χ3n) is 7.84. The predicted octanol–water partition coefficient (Wildman–Crippen LogP) is 6.32. The first-order valence-electron chi connectivity index (χ1n) is 15.2. The fourth-order valence-corrected chi connectivity index (χ4v) is 6.11. The average Bonchev–Trinajstić information content (AvgIpc) is 3.49. The number of carbonyl (C=O) groups is 1. The number of methoxy groups -OCH3 is 3. The first-order valence-corrected chi connectivity index (χ1v) is 16.8. The highest BCUT2D eigenvalue weighted by atomic mass is 79.9. The number of nitrogens with zero attached hydrogens (tertiary/aromatic N) is 1. The largest absolute Gasteiger partial charge is 0.494 e. The fraction of sp³-hybridized carbons (Fsp3) is 0.278. The Bertz CT molecular complexity index is 1710. The van der Waals surface area contributed by atoms with Gasteiger partial charge in [-0.3, -0.25) is 10.2 Å². The van der Waals surface area contributed by atoms with Gasteiger partial charge in [-0.15, -0.1) is 0 Å². The van der Waals surface area contributed by atoms with Crippen molar-refractivity contribution in [1.82, 2.24) is 10.9 Å². The van der Waals surface area contributed by atoms with Crippen molar-refractivity contribution in [2.24, 2.45) is 4.99 Å². The van der Waals surface area contributed by atoms with Gasteiger partial charge in [-0.25, -0.2) is 10.4 Å². The van der Waals surface area contributed by atoms with Crippen LogP contribution in [0.2, 0.25) is 0 Å². The zero-order valence-electron chi connectivity index (χ0n) is 26.8. The number of amides is 1. The molecule has 0 radical (unpaired) electrons. The first-order chi connectivity index (χ1) is 23.3. The highest BCUT2D eigenvalue weighted by molar-refractivity contribution is 9.10. The van der Waals surface area contributed by atoms with E-state index in [0.717, 1.165) is 25.6 Å². The minimum atomic E-state index is -1.41. The van der Waals surface area contributed by atoms with E-state index in [1.165, 1.54) is 0 Å². The molecule has 252 valence electrons. The number of aliphatic hydroxyl groups is 1.